The van der Waals surface area contributed by atoms with E-state index in [0.717, 1.165) is 35.2 Å². The number of hydrogen-bond donors (Lipinski definition) is 2. The molecule has 1 aromatic carbocycles. The number of aromatic nitrogens is 4. The van der Waals surface area contributed by atoms with E-state index < -0.39 is 6.04 Å². The number of nitrogens with one attached hydrogen (secondary N) is 2. The molecule has 5 rings (SSSR count). The molecular formula is C23H22N6OS. The van der Waals surface area contributed by atoms with Crippen LogP contribution in [0.15, 0.2) is 48.9 Å². The summed E-state index contributed by atoms with van der Waals surface area (Å²) in [5, 5.41) is 7.33. The van der Waals surface area contributed by atoms with Gasteiger partial charge in [-0.2, -0.15) is 0 Å². The van der Waals surface area contributed by atoms with Gasteiger partial charge in [-0.15, -0.1) is 11.3 Å². The van der Waals surface area contributed by atoms with Crippen molar-refractivity contribution in [2.75, 3.05) is 10.6 Å². The predicted molar refractivity (Wildman–Crippen MR) is 123 cm³/mol. The summed E-state index contributed by atoms with van der Waals surface area (Å²) in [6.07, 6.45) is 9.36. The van der Waals surface area contributed by atoms with Crippen molar-refractivity contribution in [2.45, 2.75) is 38.6 Å². The maximum Gasteiger partial charge on any atom is 0.246 e. The van der Waals surface area contributed by atoms with Gasteiger partial charge in [-0.05, 0) is 50.3 Å². The Morgan fingerprint density at radius 2 is 1.94 bits per heavy atom. The molecule has 7 nitrogen and oxygen atoms in total. The average molecular weight is 431 g/mol. The molecule has 2 N–H and O–H groups in total. The highest BCUT2D eigenvalue weighted by molar-refractivity contribution is 7.19. The van der Waals surface area contributed by atoms with Crippen molar-refractivity contribution in [1.82, 2.24) is 19.9 Å². The molecule has 3 heterocycles. The number of carbonyl (C=O) groups excluding carboxylic acids is 1. The van der Waals surface area contributed by atoms with E-state index >= 15 is 0 Å². The summed E-state index contributed by atoms with van der Waals surface area (Å²) < 4.78 is 0. The number of aryl methyl sites for hydroxylation is 2. The van der Waals surface area contributed by atoms with Crippen LogP contribution in [0.1, 0.15) is 30.2 Å². The number of rotatable bonds is 5. The number of anilines is 2. The highest BCUT2D eigenvalue weighted by atomic mass is 32.1. The Kier molecular flexibility index (Phi) is 5.30. The monoisotopic (exact) mass is 430 g/mol. The topological polar surface area (TPSA) is 92.7 Å². The van der Waals surface area contributed by atoms with Crippen LogP contribution in [0, 0.1) is 0 Å². The number of para-hydroxylation sites is 1. The van der Waals surface area contributed by atoms with Crippen molar-refractivity contribution in [3.8, 4) is 11.5 Å². The van der Waals surface area contributed by atoms with Gasteiger partial charge in [0.1, 0.15) is 22.4 Å². The van der Waals surface area contributed by atoms with Crippen LogP contribution < -0.4 is 10.6 Å². The SMILES string of the molecule is CC(Nc1nc(-c2cnccn2)nc2sc3c(c12)CCCC3)C(=O)Nc1ccccc1. The molecule has 1 amide bonds. The molecule has 1 unspecified atom stereocenters. The molecule has 0 bridgehead atoms. The fourth-order valence-electron chi connectivity index (χ4n) is 3.83. The summed E-state index contributed by atoms with van der Waals surface area (Å²) in [5.41, 5.74) is 2.69. The molecule has 0 saturated carbocycles. The third kappa shape index (κ3) is 3.98. The summed E-state index contributed by atoms with van der Waals surface area (Å²) in [5.74, 6) is 1.07. The van der Waals surface area contributed by atoms with Crippen molar-refractivity contribution < 1.29 is 4.79 Å². The summed E-state index contributed by atoms with van der Waals surface area (Å²) in [6, 6.07) is 8.97. The Balaban J connectivity index is 1.52. The van der Waals surface area contributed by atoms with Crippen LogP contribution in [0.25, 0.3) is 21.7 Å². The molecule has 0 spiro atoms. The normalized spacial score (nSPS) is 14.1. The minimum atomic E-state index is -0.479. The molecule has 0 saturated heterocycles. The summed E-state index contributed by atoms with van der Waals surface area (Å²) >= 11 is 1.72. The van der Waals surface area contributed by atoms with Crippen molar-refractivity contribution in [3.05, 3.63) is 59.4 Å². The van der Waals surface area contributed by atoms with Gasteiger partial charge in [-0.25, -0.2) is 15.0 Å². The van der Waals surface area contributed by atoms with E-state index in [-0.39, 0.29) is 5.91 Å². The van der Waals surface area contributed by atoms with Gasteiger partial charge in [-0.1, -0.05) is 18.2 Å². The fourth-order valence-corrected chi connectivity index (χ4v) is 5.09. The zero-order valence-corrected chi connectivity index (χ0v) is 17.9. The Hall–Kier alpha value is -3.39. The van der Waals surface area contributed by atoms with Crippen molar-refractivity contribution in [1.29, 1.82) is 0 Å². The number of thiophene rings is 1. The fraction of sp³-hybridized carbons (Fsp3) is 0.261. The first kappa shape index (κ1) is 19.6. The second kappa shape index (κ2) is 8.39. The molecule has 1 aliphatic rings. The van der Waals surface area contributed by atoms with E-state index in [0.29, 0.717) is 17.3 Å². The lowest BCUT2D eigenvalue weighted by atomic mass is 9.97. The quantitative estimate of drug-likeness (QED) is 0.485. The van der Waals surface area contributed by atoms with E-state index in [4.69, 9.17) is 9.97 Å². The average Bonchev–Trinajstić information content (AvgIpc) is 3.19. The number of carbonyl (C=O) groups is 1. The van der Waals surface area contributed by atoms with Crippen LogP contribution in [0.2, 0.25) is 0 Å². The molecule has 4 aromatic rings. The lowest BCUT2D eigenvalue weighted by Crippen LogP contribution is -2.32. The number of hydrogen-bond acceptors (Lipinski definition) is 7. The van der Waals surface area contributed by atoms with Gasteiger partial charge in [0, 0.05) is 23.0 Å². The molecule has 8 heteroatoms. The van der Waals surface area contributed by atoms with E-state index in [1.54, 1.807) is 29.9 Å². The van der Waals surface area contributed by atoms with Gasteiger partial charge < -0.3 is 10.6 Å². The third-order valence-electron chi connectivity index (χ3n) is 5.39. The number of benzene rings is 1. The molecule has 3 aromatic heterocycles. The highest BCUT2D eigenvalue weighted by Gasteiger charge is 2.24. The molecule has 1 aliphatic carbocycles. The third-order valence-corrected chi connectivity index (χ3v) is 6.58. The van der Waals surface area contributed by atoms with Gasteiger partial charge in [0.2, 0.25) is 5.91 Å². The first-order valence-corrected chi connectivity index (χ1v) is 11.2. The Labute approximate surface area is 184 Å². The van der Waals surface area contributed by atoms with Crippen LogP contribution in [-0.4, -0.2) is 31.9 Å². The first-order chi connectivity index (χ1) is 15.2. The largest absolute Gasteiger partial charge is 0.358 e. The van der Waals surface area contributed by atoms with Gasteiger partial charge in [0.05, 0.1) is 11.6 Å². The second-order valence-electron chi connectivity index (χ2n) is 7.60. The molecule has 31 heavy (non-hydrogen) atoms. The van der Waals surface area contributed by atoms with Crippen LogP contribution in [0.3, 0.4) is 0 Å². The van der Waals surface area contributed by atoms with Crippen molar-refractivity contribution in [3.63, 3.8) is 0 Å². The molecule has 156 valence electrons. The number of nitrogens with zero attached hydrogens (tertiary/aromatic N) is 4. The number of fused-ring (bicyclic) bond motifs is 3. The zero-order valence-electron chi connectivity index (χ0n) is 17.1. The Bertz CT molecular complexity index is 1230. The van der Waals surface area contributed by atoms with Gasteiger partial charge in [0.15, 0.2) is 5.82 Å². The Morgan fingerprint density at radius 3 is 2.74 bits per heavy atom. The van der Waals surface area contributed by atoms with E-state index in [9.17, 15) is 4.79 Å². The van der Waals surface area contributed by atoms with Gasteiger partial charge in [0.25, 0.3) is 0 Å². The van der Waals surface area contributed by atoms with Crippen molar-refractivity contribution in [2.24, 2.45) is 0 Å². The van der Waals surface area contributed by atoms with Crippen LogP contribution in [-0.2, 0) is 17.6 Å². The van der Waals surface area contributed by atoms with Crippen LogP contribution in [0.5, 0.6) is 0 Å². The minimum absolute atomic E-state index is 0.122. The zero-order chi connectivity index (χ0) is 21.2. The van der Waals surface area contributed by atoms with E-state index in [1.165, 1.54) is 16.9 Å². The lowest BCUT2D eigenvalue weighted by Gasteiger charge is -2.17. The summed E-state index contributed by atoms with van der Waals surface area (Å²) in [7, 11) is 0. The van der Waals surface area contributed by atoms with Crippen LogP contribution in [0.4, 0.5) is 11.5 Å². The van der Waals surface area contributed by atoms with Crippen LogP contribution >= 0.6 is 11.3 Å². The smallest absolute Gasteiger partial charge is 0.246 e. The lowest BCUT2D eigenvalue weighted by molar-refractivity contribution is -0.116. The van der Waals surface area contributed by atoms with E-state index in [1.807, 2.05) is 37.3 Å². The first-order valence-electron chi connectivity index (χ1n) is 10.4. The summed E-state index contributed by atoms with van der Waals surface area (Å²) in [4.78, 5) is 33.2. The second-order valence-corrected chi connectivity index (χ2v) is 8.68. The molecule has 0 radical (unpaired) electrons. The predicted octanol–water partition coefficient (Wildman–Crippen LogP) is 4.47. The molecular weight excluding hydrogens is 408 g/mol. The maximum absolute atomic E-state index is 12.8. The van der Waals surface area contributed by atoms with Gasteiger partial charge in [-0.3, -0.25) is 9.78 Å². The molecule has 1 atom stereocenters. The highest BCUT2D eigenvalue weighted by Crippen LogP contribution is 2.39. The van der Waals surface area contributed by atoms with Gasteiger partial charge >= 0.3 is 0 Å². The van der Waals surface area contributed by atoms with Crippen molar-refractivity contribution >= 4 is 39.0 Å². The maximum atomic E-state index is 12.8. The summed E-state index contributed by atoms with van der Waals surface area (Å²) in [6.45, 7) is 1.84. The molecule has 0 aliphatic heterocycles. The number of amides is 1. The Morgan fingerprint density at radius 1 is 1.10 bits per heavy atom. The minimum Gasteiger partial charge on any atom is -0.358 e. The van der Waals surface area contributed by atoms with E-state index in [2.05, 4.69) is 20.6 Å². The standard InChI is InChI=1S/C23H22N6OS/c1-14(22(30)27-15-7-3-2-4-8-15)26-21-19-16-9-5-6-10-18(16)31-23(19)29-20(28-21)17-13-24-11-12-25-17/h2-4,7-8,11-14H,5-6,9-10H2,1H3,(H,27,30)(H,26,28,29). The molecule has 0 fully saturated rings.